The third-order valence-corrected chi connectivity index (χ3v) is 2.61. The van der Waals surface area contributed by atoms with Crippen LogP contribution in [0.25, 0.3) is 0 Å². The molecule has 0 saturated carbocycles. The fourth-order valence-electron chi connectivity index (χ4n) is 2.00. The van der Waals surface area contributed by atoms with Crippen LogP contribution in [0.5, 0.6) is 0 Å². The molecule has 0 aromatic heterocycles. The van der Waals surface area contributed by atoms with E-state index in [2.05, 4.69) is 24.2 Å². The Morgan fingerprint density at radius 2 is 2.25 bits per heavy atom. The number of nitrogens with zero attached hydrogens (tertiary/aromatic N) is 1. The number of rotatable bonds is 1. The van der Waals surface area contributed by atoms with Crippen LogP contribution in [0, 0.1) is 5.92 Å². The second kappa shape index (κ2) is 3.02. The third kappa shape index (κ3) is 1.20. The summed E-state index contributed by atoms with van der Waals surface area (Å²) in [6, 6.07) is 0. The van der Waals surface area contributed by atoms with Crippen molar-refractivity contribution in [1.29, 1.82) is 0 Å². The Kier molecular flexibility index (Phi) is 2.01. The van der Waals surface area contributed by atoms with E-state index in [1.54, 1.807) is 5.57 Å². The van der Waals surface area contributed by atoms with Gasteiger partial charge in [0.2, 0.25) is 0 Å². The average molecular weight is 164 g/mol. The van der Waals surface area contributed by atoms with Crippen LogP contribution in [-0.4, -0.2) is 25.3 Å². The van der Waals surface area contributed by atoms with E-state index in [-0.39, 0.29) is 0 Å². The summed E-state index contributed by atoms with van der Waals surface area (Å²) in [6.07, 6.45) is 1.19. The van der Waals surface area contributed by atoms with Gasteiger partial charge in [-0.15, -0.1) is 0 Å². The van der Waals surface area contributed by atoms with E-state index in [0.717, 1.165) is 19.6 Å². The summed E-state index contributed by atoms with van der Waals surface area (Å²) in [4.78, 5) is 4.58. The predicted octanol–water partition coefficient (Wildman–Crippen LogP) is 1.39. The predicted molar refractivity (Wildman–Crippen MR) is 51.7 cm³/mol. The van der Waals surface area contributed by atoms with Gasteiger partial charge in [0.05, 0.1) is 6.54 Å². The lowest BCUT2D eigenvalue weighted by molar-refractivity contribution is 0.687. The maximum atomic E-state index is 4.58. The molecule has 2 heteroatoms. The Morgan fingerprint density at radius 3 is 3.00 bits per heavy atom. The molecule has 66 valence electrons. The first kappa shape index (κ1) is 7.99. The first-order valence-corrected chi connectivity index (χ1v) is 4.75. The van der Waals surface area contributed by atoms with E-state index in [1.807, 2.05) is 0 Å². The maximum Gasteiger partial charge on any atom is 0.0621 e. The molecular weight excluding hydrogens is 148 g/mol. The summed E-state index contributed by atoms with van der Waals surface area (Å²) in [6.45, 7) is 7.61. The van der Waals surface area contributed by atoms with Gasteiger partial charge in [0.1, 0.15) is 0 Å². The van der Waals surface area contributed by atoms with Crippen LogP contribution in [0.3, 0.4) is 0 Å². The summed E-state index contributed by atoms with van der Waals surface area (Å²) in [5.74, 6) is 0.607. The van der Waals surface area contributed by atoms with Crippen molar-refractivity contribution in [3.8, 4) is 0 Å². The molecule has 0 fully saturated rings. The molecule has 2 aliphatic heterocycles. The van der Waals surface area contributed by atoms with Crippen LogP contribution in [0.4, 0.5) is 0 Å². The van der Waals surface area contributed by atoms with Gasteiger partial charge >= 0.3 is 0 Å². The third-order valence-electron chi connectivity index (χ3n) is 2.61. The van der Waals surface area contributed by atoms with Crippen molar-refractivity contribution in [2.45, 2.75) is 20.3 Å². The van der Waals surface area contributed by atoms with E-state index in [9.17, 15) is 0 Å². The van der Waals surface area contributed by atoms with E-state index < -0.39 is 0 Å². The monoisotopic (exact) mass is 164 g/mol. The molecule has 12 heavy (non-hydrogen) atoms. The Hall–Kier alpha value is -0.630. The lowest BCUT2D eigenvalue weighted by Gasteiger charge is -2.17. The Bertz CT molecular complexity index is 249. The van der Waals surface area contributed by atoms with E-state index in [1.165, 1.54) is 17.7 Å². The Morgan fingerprint density at radius 1 is 1.42 bits per heavy atom. The van der Waals surface area contributed by atoms with E-state index >= 15 is 0 Å². The fourth-order valence-corrected chi connectivity index (χ4v) is 2.00. The molecule has 0 aliphatic carbocycles. The largest absolute Gasteiger partial charge is 0.313 e. The number of hydrogen-bond donors (Lipinski definition) is 1. The van der Waals surface area contributed by atoms with Gasteiger partial charge in [0.15, 0.2) is 0 Å². The van der Waals surface area contributed by atoms with Crippen molar-refractivity contribution in [2.75, 3.05) is 19.6 Å². The summed E-state index contributed by atoms with van der Waals surface area (Å²) >= 11 is 0. The van der Waals surface area contributed by atoms with Crippen LogP contribution in [0.1, 0.15) is 20.3 Å². The molecule has 1 N–H and O–H groups in total. The molecule has 0 aromatic rings. The quantitative estimate of drug-likeness (QED) is 0.622. The van der Waals surface area contributed by atoms with Crippen LogP contribution < -0.4 is 5.32 Å². The minimum absolute atomic E-state index is 0.607. The molecule has 2 aliphatic rings. The normalized spacial score (nSPS) is 23.1. The van der Waals surface area contributed by atoms with Crippen molar-refractivity contribution < 1.29 is 0 Å². The standard InChI is InChI=1S/C10H16N2/c1-7(2)10-9-3-4-11-5-8(9)6-12-10/h7,11H,3-6H2,1-2H3. The van der Waals surface area contributed by atoms with Gasteiger partial charge < -0.3 is 5.32 Å². The fraction of sp³-hybridized carbons (Fsp3) is 0.700. The van der Waals surface area contributed by atoms with Crippen molar-refractivity contribution >= 4 is 5.71 Å². The number of aliphatic imine (C=N–C) groups is 1. The van der Waals surface area contributed by atoms with Crippen LogP contribution in [-0.2, 0) is 0 Å². The zero-order valence-corrected chi connectivity index (χ0v) is 7.85. The molecule has 2 rings (SSSR count). The van der Waals surface area contributed by atoms with E-state index in [4.69, 9.17) is 0 Å². The summed E-state index contributed by atoms with van der Waals surface area (Å²) < 4.78 is 0. The van der Waals surface area contributed by atoms with Crippen LogP contribution in [0.2, 0.25) is 0 Å². The second-order valence-corrected chi connectivity index (χ2v) is 3.87. The molecule has 2 nitrogen and oxygen atoms in total. The minimum atomic E-state index is 0.607. The SMILES string of the molecule is CC(C)C1=NCC2=C1CCNC2. The first-order valence-electron chi connectivity index (χ1n) is 4.75. The van der Waals surface area contributed by atoms with Crippen LogP contribution in [0.15, 0.2) is 16.1 Å². The number of nitrogens with one attached hydrogen (secondary N) is 1. The molecule has 0 spiro atoms. The molecular formula is C10H16N2. The maximum absolute atomic E-state index is 4.58. The summed E-state index contributed by atoms with van der Waals surface area (Å²) in [5.41, 5.74) is 4.46. The lowest BCUT2D eigenvalue weighted by Crippen LogP contribution is -2.27. The molecule has 0 saturated heterocycles. The highest BCUT2D eigenvalue weighted by atomic mass is 14.9. The average Bonchev–Trinajstić information content (AvgIpc) is 2.47. The lowest BCUT2D eigenvalue weighted by atomic mass is 9.93. The highest BCUT2D eigenvalue weighted by Gasteiger charge is 2.22. The van der Waals surface area contributed by atoms with Crippen molar-refractivity contribution in [1.82, 2.24) is 5.32 Å². The van der Waals surface area contributed by atoms with Gasteiger partial charge in [-0.1, -0.05) is 13.8 Å². The summed E-state index contributed by atoms with van der Waals surface area (Å²) in [5, 5.41) is 3.38. The van der Waals surface area contributed by atoms with Crippen molar-refractivity contribution in [2.24, 2.45) is 10.9 Å². The second-order valence-electron chi connectivity index (χ2n) is 3.87. The zero-order valence-electron chi connectivity index (χ0n) is 7.85. The molecule has 0 amide bonds. The van der Waals surface area contributed by atoms with Gasteiger partial charge in [0, 0.05) is 12.3 Å². The Labute approximate surface area is 73.8 Å². The van der Waals surface area contributed by atoms with E-state index in [0.29, 0.717) is 5.92 Å². The minimum Gasteiger partial charge on any atom is -0.313 e. The topological polar surface area (TPSA) is 24.4 Å². The highest BCUT2D eigenvalue weighted by Crippen LogP contribution is 2.24. The molecule has 0 radical (unpaired) electrons. The van der Waals surface area contributed by atoms with Gasteiger partial charge in [-0.3, -0.25) is 4.99 Å². The van der Waals surface area contributed by atoms with Gasteiger partial charge in [-0.2, -0.15) is 0 Å². The van der Waals surface area contributed by atoms with Crippen molar-refractivity contribution in [3.63, 3.8) is 0 Å². The molecule has 0 aromatic carbocycles. The number of hydrogen-bond acceptors (Lipinski definition) is 2. The van der Waals surface area contributed by atoms with Gasteiger partial charge in [0.25, 0.3) is 0 Å². The van der Waals surface area contributed by atoms with Gasteiger partial charge in [-0.25, -0.2) is 0 Å². The molecule has 0 bridgehead atoms. The summed E-state index contributed by atoms with van der Waals surface area (Å²) in [7, 11) is 0. The van der Waals surface area contributed by atoms with Crippen molar-refractivity contribution in [3.05, 3.63) is 11.1 Å². The molecule has 2 heterocycles. The Balaban J connectivity index is 2.23. The zero-order chi connectivity index (χ0) is 8.55. The smallest absolute Gasteiger partial charge is 0.0621 e. The van der Waals surface area contributed by atoms with Crippen LogP contribution >= 0.6 is 0 Å². The highest BCUT2D eigenvalue weighted by molar-refractivity contribution is 6.04. The molecule has 0 unspecified atom stereocenters. The molecule has 0 atom stereocenters. The van der Waals surface area contributed by atoms with Gasteiger partial charge in [-0.05, 0) is 30.0 Å². The first-order chi connectivity index (χ1) is 5.79.